The monoisotopic (exact) mass is 375 g/mol. The molecule has 0 bridgehead atoms. The van der Waals surface area contributed by atoms with Crippen molar-refractivity contribution in [2.24, 2.45) is 7.05 Å². The lowest BCUT2D eigenvalue weighted by molar-refractivity contribution is 0.443. The topological polar surface area (TPSA) is 72.3 Å². The summed E-state index contributed by atoms with van der Waals surface area (Å²) in [6, 6.07) is 0.383. The molecule has 1 saturated heterocycles. The average molecular weight is 376 g/mol. The van der Waals surface area contributed by atoms with Gasteiger partial charge in [0, 0.05) is 26.2 Å². The summed E-state index contributed by atoms with van der Waals surface area (Å²) >= 11 is 0. The predicted octanol–water partition coefficient (Wildman–Crippen LogP) is 1.31. The Labute approximate surface area is 158 Å². The van der Waals surface area contributed by atoms with E-state index in [9.17, 15) is 4.79 Å². The third kappa shape index (κ3) is 3.39. The molecule has 9 heteroatoms. The van der Waals surface area contributed by atoms with Gasteiger partial charge in [0.05, 0.1) is 6.54 Å². The molecule has 3 heterocycles. The Morgan fingerprint density at radius 3 is 2.85 bits per heavy atom. The van der Waals surface area contributed by atoms with E-state index in [0.29, 0.717) is 29.7 Å². The number of anilines is 1. The van der Waals surface area contributed by atoms with Gasteiger partial charge in [0.15, 0.2) is 5.52 Å². The molecule has 8 nitrogen and oxygen atoms in total. The number of halogens is 1. The summed E-state index contributed by atoms with van der Waals surface area (Å²) in [5, 5.41) is 3.31. The normalized spacial score (nSPS) is 16.5. The highest BCUT2D eigenvalue weighted by Gasteiger charge is 2.26. The standard InChI is InChI=1S/C17H21N7O.ClH/c1-5-6-10-24-13-14(20-16(19-3)22(4)15(13)25)21-17(24)23-9-7-8-12(11-23)18-2;/h12,18H,7-11H2,1-2,4H3;1H. The first-order valence-electron chi connectivity index (χ1n) is 8.27. The highest BCUT2D eigenvalue weighted by Crippen LogP contribution is 2.24. The third-order valence-electron chi connectivity index (χ3n) is 4.57. The Bertz CT molecular complexity index is 960. The fourth-order valence-corrected chi connectivity index (χ4v) is 3.18. The Kier molecular flexibility index (Phi) is 6.25. The van der Waals surface area contributed by atoms with Gasteiger partial charge >= 0.3 is 11.5 Å². The van der Waals surface area contributed by atoms with Crippen LogP contribution < -0.4 is 15.8 Å². The lowest BCUT2D eigenvalue weighted by Gasteiger charge is -2.33. The maximum Gasteiger partial charge on any atom is 0.343 e. The van der Waals surface area contributed by atoms with E-state index in [1.807, 2.05) is 11.6 Å². The van der Waals surface area contributed by atoms with Crippen molar-refractivity contribution >= 4 is 35.5 Å². The van der Waals surface area contributed by atoms with Crippen LogP contribution in [0.5, 0.6) is 0 Å². The van der Waals surface area contributed by atoms with Crippen molar-refractivity contribution < 1.29 is 0 Å². The van der Waals surface area contributed by atoms with E-state index in [-0.39, 0.29) is 23.9 Å². The molecule has 138 valence electrons. The van der Waals surface area contributed by atoms with Crippen LogP contribution in [0.1, 0.15) is 19.8 Å². The summed E-state index contributed by atoms with van der Waals surface area (Å²) in [7, 11) is 3.52. The van der Waals surface area contributed by atoms with Crippen LogP contribution in [-0.2, 0) is 13.6 Å². The Hall–Kier alpha value is -2.55. The number of nitrogens with zero attached hydrogens (tertiary/aromatic N) is 6. The van der Waals surface area contributed by atoms with Crippen LogP contribution in [0.2, 0.25) is 0 Å². The molecule has 1 atom stereocenters. The Morgan fingerprint density at radius 1 is 1.42 bits per heavy atom. The summed E-state index contributed by atoms with van der Waals surface area (Å²) < 4.78 is 3.09. The summed E-state index contributed by atoms with van der Waals surface area (Å²) in [5.74, 6) is 6.63. The van der Waals surface area contributed by atoms with Gasteiger partial charge in [-0.15, -0.1) is 29.9 Å². The number of nitrogens with one attached hydrogen (secondary N) is 1. The molecule has 1 fully saturated rings. The van der Waals surface area contributed by atoms with Gasteiger partial charge in [0.2, 0.25) is 11.6 Å². The van der Waals surface area contributed by atoms with Crippen LogP contribution >= 0.6 is 12.4 Å². The molecule has 0 radical (unpaired) electrons. The number of hydrogen-bond acceptors (Lipinski definition) is 5. The van der Waals surface area contributed by atoms with Crippen molar-refractivity contribution in [3.05, 3.63) is 21.8 Å². The third-order valence-corrected chi connectivity index (χ3v) is 4.57. The van der Waals surface area contributed by atoms with E-state index in [1.54, 1.807) is 14.0 Å². The molecule has 1 aliphatic heterocycles. The molecule has 1 unspecified atom stereocenters. The van der Waals surface area contributed by atoms with Gasteiger partial charge in [-0.25, -0.2) is 4.79 Å². The van der Waals surface area contributed by atoms with Gasteiger partial charge in [-0.3, -0.25) is 9.13 Å². The Balaban J connectivity index is 0.00000243. The molecule has 0 aliphatic carbocycles. The van der Waals surface area contributed by atoms with Gasteiger partial charge in [0.1, 0.15) is 0 Å². The van der Waals surface area contributed by atoms with Gasteiger partial charge in [0.25, 0.3) is 0 Å². The minimum atomic E-state index is -0.269. The number of likely N-dealkylation sites (N-methyl/N-ethyl adjacent to an activating group) is 1. The van der Waals surface area contributed by atoms with E-state index in [2.05, 4.69) is 36.9 Å². The van der Waals surface area contributed by atoms with E-state index in [0.717, 1.165) is 25.9 Å². The lowest BCUT2D eigenvalue weighted by Crippen LogP contribution is -2.45. The number of aromatic nitrogens is 4. The largest absolute Gasteiger partial charge is 0.396 e. The number of imidazole rings is 1. The first kappa shape index (κ1) is 19.8. The molecule has 0 aromatic carbocycles. The zero-order chi connectivity index (χ0) is 18.0. The smallest absolute Gasteiger partial charge is 0.343 e. The highest BCUT2D eigenvalue weighted by atomic mass is 35.5. The van der Waals surface area contributed by atoms with E-state index >= 15 is 0 Å². The molecular weight excluding hydrogens is 354 g/mol. The second-order valence-corrected chi connectivity index (χ2v) is 6.06. The maximum atomic E-state index is 12.7. The van der Waals surface area contributed by atoms with Crippen LogP contribution in [0.4, 0.5) is 11.9 Å². The zero-order valence-electron chi connectivity index (χ0n) is 15.1. The first-order valence-corrected chi connectivity index (χ1v) is 8.27. The van der Waals surface area contributed by atoms with Crippen molar-refractivity contribution in [2.45, 2.75) is 32.4 Å². The minimum absolute atomic E-state index is 0. The zero-order valence-corrected chi connectivity index (χ0v) is 15.9. The molecule has 2 aromatic heterocycles. The van der Waals surface area contributed by atoms with E-state index in [1.165, 1.54) is 4.57 Å². The molecule has 2 aromatic rings. The predicted molar refractivity (Wildman–Crippen MR) is 104 cm³/mol. The average Bonchev–Trinajstić information content (AvgIpc) is 3.01. The fraction of sp³-hybridized carbons (Fsp3) is 0.529. The molecule has 0 spiro atoms. The molecule has 26 heavy (non-hydrogen) atoms. The summed E-state index contributed by atoms with van der Waals surface area (Å²) in [6.07, 6.45) is 2.16. The van der Waals surface area contributed by atoms with Crippen LogP contribution in [0, 0.1) is 18.4 Å². The number of fused-ring (bicyclic) bond motifs is 1. The van der Waals surface area contributed by atoms with Crippen molar-refractivity contribution in [3.63, 3.8) is 0 Å². The molecule has 3 rings (SSSR count). The number of hydrogen-bond donors (Lipinski definition) is 1. The van der Waals surface area contributed by atoms with Crippen LogP contribution in [0.15, 0.2) is 4.79 Å². The summed E-state index contributed by atoms with van der Waals surface area (Å²) in [5.41, 5.74) is 0.447. The van der Waals surface area contributed by atoms with E-state index < -0.39 is 0 Å². The van der Waals surface area contributed by atoms with E-state index in [4.69, 9.17) is 6.57 Å². The number of rotatable bonds is 3. The van der Waals surface area contributed by atoms with Crippen LogP contribution in [-0.4, -0.2) is 45.3 Å². The molecule has 0 saturated carbocycles. The molecule has 0 amide bonds. The molecular formula is C17H22ClN7O. The highest BCUT2D eigenvalue weighted by molar-refractivity contribution is 5.85. The van der Waals surface area contributed by atoms with Crippen molar-refractivity contribution in [1.82, 2.24) is 24.4 Å². The van der Waals surface area contributed by atoms with Crippen molar-refractivity contribution in [2.75, 3.05) is 25.0 Å². The fourth-order valence-electron chi connectivity index (χ4n) is 3.18. The maximum absolute atomic E-state index is 12.7. The van der Waals surface area contributed by atoms with Crippen LogP contribution in [0.25, 0.3) is 16.0 Å². The summed E-state index contributed by atoms with van der Waals surface area (Å²) in [6.45, 7) is 11.0. The van der Waals surface area contributed by atoms with Crippen molar-refractivity contribution in [3.8, 4) is 11.8 Å². The SMILES string of the molecule is Cl.[C-]#[N+]c1nc2nc(N3CCCC(NC)C3)n(CC#CC)c2c(=O)n1C. The van der Waals surface area contributed by atoms with Crippen LogP contribution in [0.3, 0.4) is 0 Å². The second kappa shape index (κ2) is 8.22. The van der Waals surface area contributed by atoms with Gasteiger partial charge in [-0.05, 0) is 26.8 Å². The first-order chi connectivity index (χ1) is 12.1. The van der Waals surface area contributed by atoms with Gasteiger partial charge in [-0.1, -0.05) is 5.92 Å². The Morgan fingerprint density at radius 2 is 2.19 bits per heavy atom. The molecule has 1 N–H and O–H groups in total. The van der Waals surface area contributed by atoms with Gasteiger partial charge in [-0.2, -0.15) is 4.98 Å². The second-order valence-electron chi connectivity index (χ2n) is 6.06. The summed E-state index contributed by atoms with van der Waals surface area (Å²) in [4.78, 5) is 27.1. The quantitative estimate of drug-likeness (QED) is 0.647. The van der Waals surface area contributed by atoms with Gasteiger partial charge < -0.3 is 15.1 Å². The number of piperidine rings is 1. The molecule has 1 aliphatic rings. The minimum Gasteiger partial charge on any atom is -0.396 e. The lowest BCUT2D eigenvalue weighted by atomic mass is 10.1. The van der Waals surface area contributed by atoms with Crippen molar-refractivity contribution in [1.29, 1.82) is 0 Å².